The molecule has 3 aliphatic rings. The quantitative estimate of drug-likeness (QED) is 0.484. The zero-order valence-corrected chi connectivity index (χ0v) is 18.0. The second-order valence-corrected chi connectivity index (χ2v) is 8.54. The summed E-state index contributed by atoms with van der Waals surface area (Å²) in [5.41, 5.74) is 15.6. The minimum atomic E-state index is -0.0899. The van der Waals surface area contributed by atoms with Crippen molar-refractivity contribution < 1.29 is 4.79 Å². The van der Waals surface area contributed by atoms with Crippen molar-refractivity contribution in [1.29, 1.82) is 0 Å². The summed E-state index contributed by atoms with van der Waals surface area (Å²) in [6.07, 6.45) is 7.98. The first-order valence-corrected chi connectivity index (χ1v) is 11.1. The predicted molar refractivity (Wildman–Crippen MR) is 123 cm³/mol. The van der Waals surface area contributed by atoms with Gasteiger partial charge in [0, 0.05) is 55.3 Å². The van der Waals surface area contributed by atoms with Crippen LogP contribution < -0.4 is 21.7 Å². The van der Waals surface area contributed by atoms with Crippen LogP contribution in [-0.4, -0.2) is 38.3 Å². The Morgan fingerprint density at radius 3 is 2.73 bits per heavy atom. The minimum absolute atomic E-state index is 0.0899. The van der Waals surface area contributed by atoms with Crippen LogP contribution in [0.3, 0.4) is 0 Å². The number of rotatable bonds is 4. The number of hydrogen-bond acceptors (Lipinski definition) is 8. The molecule has 0 bridgehead atoms. The third-order valence-corrected chi connectivity index (χ3v) is 6.38. The Hall–Kier alpha value is -3.98. The molecule has 1 amide bonds. The van der Waals surface area contributed by atoms with Crippen LogP contribution >= 0.6 is 0 Å². The molecule has 1 aromatic carbocycles. The first-order valence-electron chi connectivity index (χ1n) is 11.1. The Morgan fingerprint density at radius 2 is 1.94 bits per heavy atom. The highest BCUT2D eigenvalue weighted by Gasteiger charge is 2.26. The Bertz CT molecular complexity index is 1230. The predicted octanol–water partition coefficient (Wildman–Crippen LogP) is 1.56. The Morgan fingerprint density at radius 1 is 1.09 bits per heavy atom. The second-order valence-electron chi connectivity index (χ2n) is 8.54. The van der Waals surface area contributed by atoms with Gasteiger partial charge < -0.3 is 21.1 Å². The number of hydrazine groups is 2. The van der Waals surface area contributed by atoms with Gasteiger partial charge in [-0.25, -0.2) is 9.97 Å². The van der Waals surface area contributed by atoms with E-state index in [2.05, 4.69) is 55.9 Å². The van der Waals surface area contributed by atoms with Gasteiger partial charge in [0.15, 0.2) is 0 Å². The lowest BCUT2D eigenvalue weighted by Crippen LogP contribution is -2.37. The molecular weight excluding hydrogens is 416 g/mol. The monoisotopic (exact) mass is 440 g/mol. The molecule has 0 radical (unpaired) electrons. The lowest BCUT2D eigenvalue weighted by molar-refractivity contribution is 0.0727. The van der Waals surface area contributed by atoms with Crippen LogP contribution in [0.2, 0.25) is 0 Å². The molecule has 0 saturated carbocycles. The molecule has 0 atom stereocenters. The van der Waals surface area contributed by atoms with Gasteiger partial charge >= 0.3 is 0 Å². The summed E-state index contributed by atoms with van der Waals surface area (Å²) in [4.78, 5) is 28.5. The van der Waals surface area contributed by atoms with Gasteiger partial charge in [-0.15, -0.1) is 0 Å². The number of amides is 1. The van der Waals surface area contributed by atoms with Crippen LogP contribution in [0.15, 0.2) is 55.0 Å². The highest BCUT2D eigenvalue weighted by Crippen LogP contribution is 2.25. The van der Waals surface area contributed by atoms with Crippen LogP contribution in [0, 0.1) is 0 Å². The molecule has 9 heteroatoms. The van der Waals surface area contributed by atoms with E-state index in [4.69, 9.17) is 4.98 Å². The number of aromatic nitrogens is 3. The van der Waals surface area contributed by atoms with Crippen molar-refractivity contribution in [3.63, 3.8) is 0 Å². The van der Waals surface area contributed by atoms with Gasteiger partial charge in [-0.2, -0.15) is 5.53 Å². The summed E-state index contributed by atoms with van der Waals surface area (Å²) >= 11 is 0. The second kappa shape index (κ2) is 8.18. The van der Waals surface area contributed by atoms with Crippen molar-refractivity contribution in [1.82, 2.24) is 36.2 Å². The summed E-state index contributed by atoms with van der Waals surface area (Å²) in [6.45, 7) is 1.09. The molecule has 0 spiro atoms. The molecule has 0 unspecified atom stereocenters. The molecule has 33 heavy (non-hydrogen) atoms. The normalized spacial score (nSPS) is 17.0. The van der Waals surface area contributed by atoms with E-state index in [0.717, 1.165) is 35.4 Å². The summed E-state index contributed by atoms with van der Waals surface area (Å²) in [5, 5.41) is 3.50. The van der Waals surface area contributed by atoms with Crippen molar-refractivity contribution >= 4 is 17.6 Å². The van der Waals surface area contributed by atoms with Crippen LogP contribution in [0.5, 0.6) is 0 Å². The van der Waals surface area contributed by atoms with E-state index in [1.165, 1.54) is 11.1 Å². The van der Waals surface area contributed by atoms with E-state index < -0.39 is 0 Å². The maximum absolute atomic E-state index is 13.1. The number of nitrogens with one attached hydrogen (secondary N) is 4. The largest absolute Gasteiger partial charge is 0.351 e. The number of benzene rings is 1. The fourth-order valence-corrected chi connectivity index (χ4v) is 4.68. The number of nitrogens with zero attached hydrogens (tertiary/aromatic N) is 4. The standard InChI is InChI=1S/C24H24N8O/c33-23(21-11-17(5-7-25-21)22-13-27-31-30-22)32-8-6-20-18(14-32)12-26-24(29-20)28-19-9-15-3-1-2-4-16(15)10-19/h1-5,7,11-13,19,27,30-31H,6,8-10,14H2,(H,26,28,29). The molecule has 0 saturated heterocycles. The van der Waals surface area contributed by atoms with E-state index in [1.54, 1.807) is 18.5 Å². The molecule has 2 aromatic heterocycles. The van der Waals surface area contributed by atoms with Gasteiger partial charge in [0.2, 0.25) is 5.95 Å². The van der Waals surface area contributed by atoms with Gasteiger partial charge in [-0.1, -0.05) is 24.3 Å². The van der Waals surface area contributed by atoms with E-state index in [-0.39, 0.29) is 5.91 Å². The van der Waals surface area contributed by atoms with Crippen LogP contribution in [0.1, 0.15) is 38.4 Å². The van der Waals surface area contributed by atoms with Crippen LogP contribution in [0.4, 0.5) is 5.95 Å². The van der Waals surface area contributed by atoms with E-state index in [0.29, 0.717) is 37.2 Å². The highest BCUT2D eigenvalue weighted by molar-refractivity contribution is 5.93. The average molecular weight is 441 g/mol. The average Bonchev–Trinajstić information content (AvgIpc) is 3.53. The first-order chi connectivity index (χ1) is 16.2. The number of hydrogen-bond donors (Lipinski definition) is 4. The molecule has 6 rings (SSSR count). The summed E-state index contributed by atoms with van der Waals surface area (Å²) < 4.78 is 0. The van der Waals surface area contributed by atoms with Crippen LogP contribution in [-0.2, 0) is 25.8 Å². The van der Waals surface area contributed by atoms with Crippen molar-refractivity contribution in [2.24, 2.45) is 0 Å². The lowest BCUT2D eigenvalue weighted by Gasteiger charge is -2.28. The molecule has 1 aliphatic carbocycles. The van der Waals surface area contributed by atoms with Gasteiger partial charge in [-0.05, 0) is 36.1 Å². The SMILES string of the molecule is O=C(c1cc(C2=CNNN2)ccn1)N1CCc2nc(NC3Cc4ccccc4C3)ncc2C1. The smallest absolute Gasteiger partial charge is 0.272 e. The van der Waals surface area contributed by atoms with Gasteiger partial charge in [0.25, 0.3) is 5.91 Å². The van der Waals surface area contributed by atoms with Gasteiger partial charge in [0.05, 0.1) is 11.4 Å². The molecule has 166 valence electrons. The van der Waals surface area contributed by atoms with Crippen molar-refractivity contribution in [2.45, 2.75) is 31.8 Å². The van der Waals surface area contributed by atoms with Crippen molar-refractivity contribution in [3.05, 3.63) is 88.6 Å². The fourth-order valence-electron chi connectivity index (χ4n) is 4.68. The maximum atomic E-state index is 13.1. The molecular formula is C24H24N8O. The summed E-state index contributed by atoms with van der Waals surface area (Å²) in [5.74, 6) is 0.577. The molecule has 4 N–H and O–H groups in total. The van der Waals surface area contributed by atoms with Crippen molar-refractivity contribution in [2.75, 3.05) is 11.9 Å². The molecule has 3 aromatic rings. The van der Waals surface area contributed by atoms with Crippen molar-refractivity contribution in [3.8, 4) is 0 Å². The number of pyridine rings is 1. The van der Waals surface area contributed by atoms with Gasteiger partial charge in [-0.3, -0.25) is 9.78 Å². The molecule has 2 aliphatic heterocycles. The number of fused-ring (bicyclic) bond motifs is 2. The maximum Gasteiger partial charge on any atom is 0.272 e. The first kappa shape index (κ1) is 19.7. The molecule has 4 heterocycles. The zero-order valence-electron chi connectivity index (χ0n) is 18.0. The Balaban J connectivity index is 1.13. The highest BCUT2D eigenvalue weighted by atomic mass is 16.2. The number of carbonyl (C=O) groups is 1. The third kappa shape index (κ3) is 3.87. The third-order valence-electron chi connectivity index (χ3n) is 6.38. The lowest BCUT2D eigenvalue weighted by atomic mass is 10.1. The molecule has 0 fully saturated rings. The fraction of sp³-hybridized carbons (Fsp3) is 0.250. The number of anilines is 1. The number of carbonyl (C=O) groups excluding carboxylic acids is 1. The Labute approximate surface area is 191 Å². The van der Waals surface area contributed by atoms with E-state index in [9.17, 15) is 4.79 Å². The summed E-state index contributed by atoms with van der Waals surface area (Å²) in [7, 11) is 0. The summed E-state index contributed by atoms with van der Waals surface area (Å²) in [6, 6.07) is 12.5. The van der Waals surface area contributed by atoms with Crippen LogP contribution in [0.25, 0.3) is 5.70 Å². The minimum Gasteiger partial charge on any atom is -0.351 e. The Kier molecular flexibility index (Phi) is 4.88. The molecule has 9 nitrogen and oxygen atoms in total. The zero-order chi connectivity index (χ0) is 22.2. The van der Waals surface area contributed by atoms with Gasteiger partial charge in [0.1, 0.15) is 5.69 Å². The van der Waals surface area contributed by atoms with E-state index >= 15 is 0 Å². The van der Waals surface area contributed by atoms with E-state index in [1.807, 2.05) is 17.2 Å². The topological polar surface area (TPSA) is 107 Å².